The van der Waals surface area contributed by atoms with E-state index >= 15 is 0 Å². The van der Waals surface area contributed by atoms with Crippen molar-refractivity contribution in [1.82, 2.24) is 0 Å². The van der Waals surface area contributed by atoms with Gasteiger partial charge in [-0.25, -0.2) is 0 Å². The van der Waals surface area contributed by atoms with Gasteiger partial charge in [-0.05, 0) is 48.4 Å². The molecule has 0 saturated carbocycles. The van der Waals surface area contributed by atoms with Crippen LogP contribution in [0.3, 0.4) is 0 Å². The first-order chi connectivity index (χ1) is 11.3. The summed E-state index contributed by atoms with van der Waals surface area (Å²) >= 11 is 0. The minimum absolute atomic E-state index is 0.563. The van der Waals surface area contributed by atoms with Gasteiger partial charge in [-0.15, -0.1) is 0 Å². The molecule has 0 aliphatic carbocycles. The molecular formula is C19H25NO3. The van der Waals surface area contributed by atoms with E-state index in [1.807, 2.05) is 36.4 Å². The van der Waals surface area contributed by atoms with E-state index in [2.05, 4.69) is 24.4 Å². The second kappa shape index (κ2) is 9.74. The average Bonchev–Trinajstić information content (AvgIpc) is 2.61. The Balaban J connectivity index is 1.67. The van der Waals surface area contributed by atoms with Crippen LogP contribution in [0.25, 0.3) is 0 Å². The third-order valence-corrected chi connectivity index (χ3v) is 3.44. The Kier molecular flexibility index (Phi) is 7.27. The van der Waals surface area contributed by atoms with E-state index in [9.17, 15) is 0 Å². The van der Waals surface area contributed by atoms with Crippen molar-refractivity contribution in [3.63, 3.8) is 0 Å². The van der Waals surface area contributed by atoms with E-state index in [0.717, 1.165) is 30.2 Å². The lowest BCUT2D eigenvalue weighted by atomic mass is 10.2. The molecule has 1 N–H and O–H groups in total. The van der Waals surface area contributed by atoms with E-state index in [1.54, 1.807) is 7.11 Å². The van der Waals surface area contributed by atoms with Crippen molar-refractivity contribution in [3.05, 3.63) is 54.1 Å². The Morgan fingerprint density at radius 3 is 2.00 bits per heavy atom. The molecule has 0 heterocycles. The van der Waals surface area contributed by atoms with Gasteiger partial charge in [0.25, 0.3) is 0 Å². The molecule has 2 aromatic rings. The third kappa shape index (κ3) is 6.20. The lowest BCUT2D eigenvalue weighted by Crippen LogP contribution is -2.11. The molecule has 0 spiro atoms. The summed E-state index contributed by atoms with van der Waals surface area (Å²) < 4.78 is 16.2. The van der Waals surface area contributed by atoms with Gasteiger partial charge in [-0.3, -0.25) is 0 Å². The lowest BCUT2D eigenvalue weighted by Gasteiger charge is -2.10. The SMILES string of the molecule is CCc1ccc(OCCNc2ccc(OCCOC)cc2)cc1. The van der Waals surface area contributed by atoms with E-state index in [4.69, 9.17) is 14.2 Å². The van der Waals surface area contributed by atoms with Gasteiger partial charge in [-0.2, -0.15) is 0 Å². The summed E-state index contributed by atoms with van der Waals surface area (Å²) in [4.78, 5) is 0. The molecule has 0 saturated heterocycles. The molecule has 0 atom stereocenters. The second-order valence-electron chi connectivity index (χ2n) is 5.14. The predicted molar refractivity (Wildman–Crippen MR) is 93.6 cm³/mol. The summed E-state index contributed by atoms with van der Waals surface area (Å²) in [5, 5.41) is 3.33. The molecule has 0 radical (unpaired) electrons. The van der Waals surface area contributed by atoms with E-state index in [1.165, 1.54) is 5.56 Å². The number of anilines is 1. The normalized spacial score (nSPS) is 10.3. The van der Waals surface area contributed by atoms with Crippen LogP contribution in [0.1, 0.15) is 12.5 Å². The molecule has 4 heteroatoms. The van der Waals surface area contributed by atoms with Gasteiger partial charge < -0.3 is 19.5 Å². The summed E-state index contributed by atoms with van der Waals surface area (Å²) in [5.74, 6) is 1.76. The Hall–Kier alpha value is -2.20. The van der Waals surface area contributed by atoms with Crippen LogP contribution in [-0.4, -0.2) is 33.5 Å². The van der Waals surface area contributed by atoms with Crippen molar-refractivity contribution in [3.8, 4) is 11.5 Å². The molecule has 0 aromatic heterocycles. The van der Waals surface area contributed by atoms with Gasteiger partial charge >= 0.3 is 0 Å². The monoisotopic (exact) mass is 315 g/mol. The fourth-order valence-electron chi connectivity index (χ4n) is 2.10. The molecule has 124 valence electrons. The number of rotatable bonds is 10. The fraction of sp³-hybridized carbons (Fsp3) is 0.368. The van der Waals surface area contributed by atoms with Crippen molar-refractivity contribution in [1.29, 1.82) is 0 Å². The highest BCUT2D eigenvalue weighted by Crippen LogP contribution is 2.16. The maximum atomic E-state index is 5.72. The average molecular weight is 315 g/mol. The molecule has 0 bridgehead atoms. The number of aryl methyl sites for hydroxylation is 1. The first-order valence-corrected chi connectivity index (χ1v) is 7.99. The number of ether oxygens (including phenoxy) is 3. The second-order valence-corrected chi connectivity index (χ2v) is 5.14. The summed E-state index contributed by atoms with van der Waals surface area (Å²) in [5.41, 5.74) is 2.37. The smallest absolute Gasteiger partial charge is 0.119 e. The maximum Gasteiger partial charge on any atom is 0.119 e. The van der Waals surface area contributed by atoms with Crippen LogP contribution in [0.15, 0.2) is 48.5 Å². The number of hydrogen-bond donors (Lipinski definition) is 1. The van der Waals surface area contributed by atoms with Crippen LogP contribution >= 0.6 is 0 Å². The van der Waals surface area contributed by atoms with Crippen LogP contribution in [-0.2, 0) is 11.2 Å². The largest absolute Gasteiger partial charge is 0.492 e. The van der Waals surface area contributed by atoms with Gasteiger partial charge in [0, 0.05) is 19.3 Å². The number of benzene rings is 2. The standard InChI is InChI=1S/C19H25NO3/c1-3-16-4-8-18(9-5-16)22-13-12-20-17-6-10-19(11-7-17)23-15-14-21-2/h4-11,20H,3,12-15H2,1-2H3. The zero-order valence-electron chi connectivity index (χ0n) is 13.9. The van der Waals surface area contributed by atoms with Crippen molar-refractivity contribution >= 4 is 5.69 Å². The maximum absolute atomic E-state index is 5.72. The first kappa shape index (κ1) is 17.2. The van der Waals surface area contributed by atoms with Crippen LogP contribution in [0.2, 0.25) is 0 Å². The van der Waals surface area contributed by atoms with Crippen molar-refractivity contribution in [2.45, 2.75) is 13.3 Å². The first-order valence-electron chi connectivity index (χ1n) is 7.99. The minimum Gasteiger partial charge on any atom is -0.492 e. The molecule has 0 fully saturated rings. The van der Waals surface area contributed by atoms with Crippen molar-refractivity contribution in [2.24, 2.45) is 0 Å². The predicted octanol–water partition coefficient (Wildman–Crippen LogP) is 3.77. The Labute approximate surface area is 138 Å². The molecule has 4 nitrogen and oxygen atoms in total. The van der Waals surface area contributed by atoms with Crippen LogP contribution in [0.4, 0.5) is 5.69 Å². The molecule has 2 aromatic carbocycles. The van der Waals surface area contributed by atoms with Crippen LogP contribution in [0.5, 0.6) is 11.5 Å². The molecule has 23 heavy (non-hydrogen) atoms. The topological polar surface area (TPSA) is 39.7 Å². The quantitative estimate of drug-likeness (QED) is 0.678. The summed E-state index contributed by atoms with van der Waals surface area (Å²) in [6.07, 6.45) is 1.05. The molecule has 0 amide bonds. The molecule has 0 unspecified atom stereocenters. The summed E-state index contributed by atoms with van der Waals surface area (Å²) in [6.45, 7) is 4.68. The highest BCUT2D eigenvalue weighted by molar-refractivity contribution is 5.46. The summed E-state index contributed by atoms with van der Waals surface area (Å²) in [6, 6.07) is 16.1. The van der Waals surface area contributed by atoms with Gasteiger partial charge in [0.1, 0.15) is 24.7 Å². The number of methoxy groups -OCH3 is 1. The summed E-state index contributed by atoms with van der Waals surface area (Å²) in [7, 11) is 1.66. The Morgan fingerprint density at radius 1 is 0.783 bits per heavy atom. The van der Waals surface area contributed by atoms with Crippen LogP contribution < -0.4 is 14.8 Å². The molecular weight excluding hydrogens is 290 g/mol. The third-order valence-electron chi connectivity index (χ3n) is 3.44. The van der Waals surface area contributed by atoms with Gasteiger partial charge in [0.05, 0.1) is 6.61 Å². The van der Waals surface area contributed by atoms with Gasteiger partial charge in [-0.1, -0.05) is 19.1 Å². The molecule has 2 rings (SSSR count). The van der Waals surface area contributed by atoms with Crippen molar-refractivity contribution < 1.29 is 14.2 Å². The molecule has 0 aliphatic heterocycles. The number of hydrogen-bond acceptors (Lipinski definition) is 4. The Bertz CT molecular complexity index is 552. The highest BCUT2D eigenvalue weighted by Gasteiger charge is 1.97. The van der Waals surface area contributed by atoms with E-state index < -0.39 is 0 Å². The number of nitrogens with one attached hydrogen (secondary N) is 1. The van der Waals surface area contributed by atoms with Crippen LogP contribution in [0, 0.1) is 0 Å². The zero-order valence-corrected chi connectivity index (χ0v) is 13.9. The zero-order chi connectivity index (χ0) is 16.3. The van der Waals surface area contributed by atoms with E-state index in [-0.39, 0.29) is 0 Å². The van der Waals surface area contributed by atoms with Gasteiger partial charge in [0.2, 0.25) is 0 Å². The van der Waals surface area contributed by atoms with Crippen molar-refractivity contribution in [2.75, 3.05) is 38.8 Å². The molecule has 0 aliphatic rings. The minimum atomic E-state index is 0.563. The lowest BCUT2D eigenvalue weighted by molar-refractivity contribution is 0.146. The highest BCUT2D eigenvalue weighted by atomic mass is 16.5. The van der Waals surface area contributed by atoms with E-state index in [0.29, 0.717) is 19.8 Å². The van der Waals surface area contributed by atoms with Gasteiger partial charge in [0.15, 0.2) is 0 Å². The Morgan fingerprint density at radius 2 is 1.39 bits per heavy atom. The fourth-order valence-corrected chi connectivity index (χ4v) is 2.10.